The fourth-order valence-electron chi connectivity index (χ4n) is 2.35. The Kier molecular flexibility index (Phi) is 3.38. The summed E-state index contributed by atoms with van der Waals surface area (Å²) in [6.45, 7) is 2.46. The van der Waals surface area contributed by atoms with Gasteiger partial charge in [-0.25, -0.2) is 0 Å². The summed E-state index contributed by atoms with van der Waals surface area (Å²) in [6.07, 6.45) is 6.26. The lowest BCUT2D eigenvalue weighted by Crippen LogP contribution is -2.26. The van der Waals surface area contributed by atoms with Crippen molar-refractivity contribution in [2.75, 3.05) is 19.8 Å². The summed E-state index contributed by atoms with van der Waals surface area (Å²) in [5, 5.41) is 4.21. The van der Waals surface area contributed by atoms with Crippen molar-refractivity contribution in [1.82, 2.24) is 9.78 Å². The lowest BCUT2D eigenvalue weighted by molar-refractivity contribution is 0.0586. The molecule has 4 nitrogen and oxygen atoms in total. The Morgan fingerprint density at radius 1 is 1.60 bits per heavy atom. The van der Waals surface area contributed by atoms with Crippen LogP contribution in [-0.4, -0.2) is 29.5 Å². The predicted octanol–water partition coefficient (Wildman–Crippen LogP) is 0.889. The van der Waals surface area contributed by atoms with Crippen LogP contribution in [0.5, 0.6) is 0 Å². The molecule has 1 saturated heterocycles. The van der Waals surface area contributed by atoms with E-state index in [1.54, 1.807) is 0 Å². The highest BCUT2D eigenvalue weighted by atomic mass is 16.5. The van der Waals surface area contributed by atoms with Gasteiger partial charge in [0.15, 0.2) is 0 Å². The normalized spacial score (nSPS) is 20.4. The summed E-state index contributed by atoms with van der Waals surface area (Å²) in [5.41, 5.74) is 7.14. The third-order valence-corrected chi connectivity index (χ3v) is 3.24. The van der Waals surface area contributed by atoms with E-state index in [4.69, 9.17) is 10.5 Å². The van der Waals surface area contributed by atoms with Gasteiger partial charge in [-0.2, -0.15) is 5.10 Å². The van der Waals surface area contributed by atoms with Gasteiger partial charge in [-0.1, -0.05) is 0 Å². The van der Waals surface area contributed by atoms with Gasteiger partial charge in [0.2, 0.25) is 0 Å². The molecule has 1 aromatic rings. The Balaban J connectivity index is 2.08. The summed E-state index contributed by atoms with van der Waals surface area (Å²) in [6, 6.07) is 0. The zero-order valence-electron chi connectivity index (χ0n) is 9.22. The molecule has 0 spiro atoms. The second-order valence-electron chi connectivity index (χ2n) is 4.24. The summed E-state index contributed by atoms with van der Waals surface area (Å²) in [5.74, 6) is 1.11. The van der Waals surface area contributed by atoms with E-state index in [0.29, 0.717) is 18.4 Å². The van der Waals surface area contributed by atoms with Crippen molar-refractivity contribution in [2.45, 2.75) is 18.8 Å². The van der Waals surface area contributed by atoms with E-state index in [9.17, 15) is 0 Å². The zero-order chi connectivity index (χ0) is 10.7. The maximum atomic E-state index is 5.87. The third-order valence-electron chi connectivity index (χ3n) is 3.24. The fraction of sp³-hybridized carbons (Fsp3) is 0.727. The average molecular weight is 209 g/mol. The summed E-state index contributed by atoms with van der Waals surface area (Å²) in [4.78, 5) is 0. The van der Waals surface area contributed by atoms with Crippen molar-refractivity contribution in [3.05, 3.63) is 18.0 Å². The van der Waals surface area contributed by atoms with Crippen LogP contribution in [0.15, 0.2) is 12.4 Å². The summed E-state index contributed by atoms with van der Waals surface area (Å²) < 4.78 is 7.22. The van der Waals surface area contributed by atoms with E-state index in [0.717, 1.165) is 26.1 Å². The Bertz CT molecular complexity index is 305. The van der Waals surface area contributed by atoms with Crippen LogP contribution in [0.4, 0.5) is 0 Å². The zero-order valence-corrected chi connectivity index (χ0v) is 9.22. The van der Waals surface area contributed by atoms with E-state index in [1.165, 1.54) is 5.56 Å². The molecular weight excluding hydrogens is 190 g/mol. The van der Waals surface area contributed by atoms with Gasteiger partial charge in [0.05, 0.1) is 6.20 Å². The molecule has 0 unspecified atom stereocenters. The first-order valence-electron chi connectivity index (χ1n) is 5.57. The predicted molar refractivity (Wildman–Crippen MR) is 58.5 cm³/mol. The SMILES string of the molecule is Cn1cc([C@@H](CN)C2CCOCC2)cn1. The molecule has 2 heterocycles. The molecule has 0 bridgehead atoms. The van der Waals surface area contributed by atoms with E-state index >= 15 is 0 Å². The van der Waals surface area contributed by atoms with Crippen LogP contribution in [0.3, 0.4) is 0 Å². The highest BCUT2D eigenvalue weighted by molar-refractivity contribution is 5.13. The van der Waals surface area contributed by atoms with Crippen molar-refractivity contribution in [1.29, 1.82) is 0 Å². The van der Waals surface area contributed by atoms with Crippen molar-refractivity contribution >= 4 is 0 Å². The van der Waals surface area contributed by atoms with E-state index in [2.05, 4.69) is 11.3 Å². The minimum Gasteiger partial charge on any atom is -0.381 e. The number of nitrogens with zero attached hydrogens (tertiary/aromatic N) is 2. The van der Waals surface area contributed by atoms with Gasteiger partial charge in [0.1, 0.15) is 0 Å². The highest BCUT2D eigenvalue weighted by Gasteiger charge is 2.25. The topological polar surface area (TPSA) is 53.1 Å². The molecule has 84 valence electrons. The number of hydrogen-bond acceptors (Lipinski definition) is 3. The first-order chi connectivity index (χ1) is 7.31. The van der Waals surface area contributed by atoms with Gasteiger partial charge in [0, 0.05) is 32.4 Å². The first-order valence-corrected chi connectivity index (χ1v) is 5.57. The maximum Gasteiger partial charge on any atom is 0.0525 e. The van der Waals surface area contributed by atoms with Gasteiger partial charge < -0.3 is 10.5 Å². The Hall–Kier alpha value is -0.870. The standard InChI is InChI=1S/C11H19N3O/c1-14-8-10(7-13-14)11(6-12)9-2-4-15-5-3-9/h7-9,11H,2-6,12H2,1H3/t11-/m0/s1. The van der Waals surface area contributed by atoms with Crippen molar-refractivity contribution in [3.8, 4) is 0 Å². The van der Waals surface area contributed by atoms with Crippen LogP contribution >= 0.6 is 0 Å². The molecule has 1 aromatic heterocycles. The Morgan fingerprint density at radius 2 is 2.33 bits per heavy atom. The van der Waals surface area contributed by atoms with Crippen LogP contribution in [0.2, 0.25) is 0 Å². The lowest BCUT2D eigenvalue weighted by atomic mass is 9.82. The van der Waals surface area contributed by atoms with E-state index in [1.807, 2.05) is 17.9 Å². The largest absolute Gasteiger partial charge is 0.381 e. The molecule has 0 saturated carbocycles. The van der Waals surface area contributed by atoms with Gasteiger partial charge in [0.25, 0.3) is 0 Å². The third kappa shape index (κ3) is 2.38. The quantitative estimate of drug-likeness (QED) is 0.804. The van der Waals surface area contributed by atoms with E-state index < -0.39 is 0 Å². The smallest absolute Gasteiger partial charge is 0.0525 e. The van der Waals surface area contributed by atoms with Gasteiger partial charge >= 0.3 is 0 Å². The molecule has 1 fully saturated rings. The molecule has 0 amide bonds. The number of aromatic nitrogens is 2. The van der Waals surface area contributed by atoms with Crippen LogP contribution in [0.25, 0.3) is 0 Å². The molecular formula is C11H19N3O. The van der Waals surface area contributed by atoms with Gasteiger partial charge in [-0.05, 0) is 30.9 Å². The van der Waals surface area contributed by atoms with Gasteiger partial charge in [-0.15, -0.1) is 0 Å². The lowest BCUT2D eigenvalue weighted by Gasteiger charge is -2.28. The highest BCUT2D eigenvalue weighted by Crippen LogP contribution is 2.30. The van der Waals surface area contributed by atoms with Crippen LogP contribution < -0.4 is 5.73 Å². The number of rotatable bonds is 3. The molecule has 15 heavy (non-hydrogen) atoms. The van der Waals surface area contributed by atoms with Crippen molar-refractivity contribution < 1.29 is 4.74 Å². The van der Waals surface area contributed by atoms with E-state index in [-0.39, 0.29) is 0 Å². The Labute approximate surface area is 90.4 Å². The molecule has 0 aliphatic carbocycles. The van der Waals surface area contributed by atoms with Crippen LogP contribution in [-0.2, 0) is 11.8 Å². The number of aryl methyl sites for hydroxylation is 1. The second kappa shape index (κ2) is 4.77. The van der Waals surface area contributed by atoms with Crippen LogP contribution in [0, 0.1) is 5.92 Å². The molecule has 1 aliphatic heterocycles. The molecule has 1 atom stereocenters. The molecule has 4 heteroatoms. The molecule has 2 N–H and O–H groups in total. The summed E-state index contributed by atoms with van der Waals surface area (Å²) in [7, 11) is 1.95. The molecule has 2 rings (SSSR count). The Morgan fingerprint density at radius 3 is 2.87 bits per heavy atom. The minimum absolute atomic E-state index is 0.447. The minimum atomic E-state index is 0.447. The van der Waals surface area contributed by atoms with Crippen LogP contribution in [0.1, 0.15) is 24.3 Å². The number of ether oxygens (including phenoxy) is 1. The van der Waals surface area contributed by atoms with Gasteiger partial charge in [-0.3, -0.25) is 4.68 Å². The second-order valence-corrected chi connectivity index (χ2v) is 4.24. The van der Waals surface area contributed by atoms with Crippen molar-refractivity contribution in [2.24, 2.45) is 18.7 Å². The average Bonchev–Trinajstić information content (AvgIpc) is 2.68. The van der Waals surface area contributed by atoms with Crippen molar-refractivity contribution in [3.63, 3.8) is 0 Å². The summed E-state index contributed by atoms with van der Waals surface area (Å²) >= 11 is 0. The monoisotopic (exact) mass is 209 g/mol. The molecule has 1 aliphatic rings. The first kappa shape index (κ1) is 10.6. The fourth-order valence-corrected chi connectivity index (χ4v) is 2.35. The number of hydrogen-bond donors (Lipinski definition) is 1. The maximum absolute atomic E-state index is 5.87. The molecule has 0 aromatic carbocycles. The molecule has 0 radical (unpaired) electrons. The number of nitrogens with two attached hydrogens (primary N) is 1.